The van der Waals surface area contributed by atoms with Gasteiger partial charge in [0.2, 0.25) is 5.91 Å². The lowest BCUT2D eigenvalue weighted by molar-refractivity contribution is -0.153. The van der Waals surface area contributed by atoms with Crippen molar-refractivity contribution < 1.29 is 41.0 Å². The van der Waals surface area contributed by atoms with E-state index in [9.17, 15) is 36.2 Å². The largest absolute Gasteiger partial charge is 0.484 e. The lowest BCUT2D eigenvalue weighted by atomic mass is 9.91. The summed E-state index contributed by atoms with van der Waals surface area (Å²) in [4.78, 5) is 12.5. The van der Waals surface area contributed by atoms with E-state index >= 15 is 0 Å². The summed E-state index contributed by atoms with van der Waals surface area (Å²) >= 11 is 0. The zero-order valence-electron chi connectivity index (χ0n) is 16.3. The van der Waals surface area contributed by atoms with Gasteiger partial charge in [-0.05, 0) is 43.5 Å². The molecule has 1 aliphatic carbocycles. The second-order valence-corrected chi connectivity index (χ2v) is 7.78. The number of nitrogens with one attached hydrogen (secondary N) is 1. The maximum atomic E-state index is 14.0. The van der Waals surface area contributed by atoms with Crippen molar-refractivity contribution in [1.82, 2.24) is 5.32 Å². The average Bonchev–Trinajstić information content (AvgIpc) is 3.38. The summed E-state index contributed by atoms with van der Waals surface area (Å²) in [5, 5.41) is 13.2. The number of ether oxygens (including phenoxy) is 1. The number of hydrogen-bond acceptors (Lipinski definition) is 3. The van der Waals surface area contributed by atoms with Crippen molar-refractivity contribution >= 4 is 5.91 Å². The molecule has 0 radical (unpaired) electrons. The monoisotopic (exact) mass is 447 g/mol. The minimum absolute atomic E-state index is 0.214. The number of carbonyl (C=O) groups excluding carboxylic acids is 1. The smallest absolute Gasteiger partial charge is 0.422 e. The fraction of sp³-hybridized carbons (Fsp3) is 0.381. The molecule has 2 aromatic rings. The van der Waals surface area contributed by atoms with E-state index in [2.05, 4.69) is 10.1 Å². The molecule has 0 heterocycles. The van der Waals surface area contributed by atoms with Crippen LogP contribution in [0.2, 0.25) is 0 Å². The van der Waals surface area contributed by atoms with Crippen LogP contribution in [-0.2, 0) is 15.9 Å². The lowest BCUT2D eigenvalue weighted by Crippen LogP contribution is -2.39. The Balaban J connectivity index is 1.73. The van der Waals surface area contributed by atoms with Crippen LogP contribution in [0.5, 0.6) is 5.75 Å². The van der Waals surface area contributed by atoms with Crippen molar-refractivity contribution in [3.8, 4) is 5.75 Å². The molecule has 168 valence electrons. The number of amides is 1. The van der Waals surface area contributed by atoms with Gasteiger partial charge in [-0.3, -0.25) is 4.79 Å². The highest BCUT2D eigenvalue weighted by molar-refractivity contribution is 5.79. The Kier molecular flexibility index (Phi) is 5.96. The van der Waals surface area contributed by atoms with Gasteiger partial charge in [0.15, 0.2) is 6.61 Å². The van der Waals surface area contributed by atoms with Crippen LogP contribution in [0.15, 0.2) is 36.4 Å². The molecular weight excluding hydrogens is 428 g/mol. The Morgan fingerprint density at radius 3 is 2.35 bits per heavy atom. The van der Waals surface area contributed by atoms with E-state index in [4.69, 9.17) is 0 Å². The van der Waals surface area contributed by atoms with Crippen LogP contribution in [0.4, 0.5) is 26.3 Å². The normalized spacial score (nSPS) is 17.0. The topological polar surface area (TPSA) is 58.6 Å². The first-order valence-corrected chi connectivity index (χ1v) is 9.29. The first-order valence-electron chi connectivity index (χ1n) is 9.29. The molecule has 0 spiro atoms. The number of alkyl halides is 3. The van der Waals surface area contributed by atoms with Crippen LogP contribution in [0, 0.1) is 17.5 Å². The van der Waals surface area contributed by atoms with Crippen LogP contribution >= 0.6 is 0 Å². The maximum absolute atomic E-state index is 14.0. The standard InChI is InChI=1S/C21H19F6NO3/c1-19(30,16-3-2-13(22)9-17(16)24)10-18(29)28-20(4-5-20)12-6-14(23)8-15(7-12)31-11-21(25,26)27/h2-3,6-9,30H,4-5,10-11H2,1H3,(H,28,29)/t19-/m0/s1. The average molecular weight is 447 g/mol. The SMILES string of the molecule is C[C@](O)(CC(=O)NC1(c2cc(F)cc(OCC(F)(F)F)c2)CC1)c1ccc(F)cc1F. The van der Waals surface area contributed by atoms with Crippen molar-refractivity contribution in [2.45, 2.75) is 43.5 Å². The molecule has 1 aliphatic rings. The van der Waals surface area contributed by atoms with Gasteiger partial charge in [-0.25, -0.2) is 13.2 Å². The third kappa shape index (κ3) is 5.69. The Bertz CT molecular complexity index is 986. The molecule has 0 aliphatic heterocycles. The van der Waals surface area contributed by atoms with E-state index < -0.39 is 53.7 Å². The van der Waals surface area contributed by atoms with Gasteiger partial charge in [0, 0.05) is 17.7 Å². The maximum Gasteiger partial charge on any atom is 0.422 e. The van der Waals surface area contributed by atoms with E-state index in [-0.39, 0.29) is 16.9 Å². The molecule has 4 nitrogen and oxygen atoms in total. The molecule has 1 saturated carbocycles. The number of rotatable bonds is 7. The Labute approximate surface area is 173 Å². The van der Waals surface area contributed by atoms with E-state index in [1.165, 1.54) is 13.0 Å². The van der Waals surface area contributed by atoms with Gasteiger partial charge in [0.05, 0.1) is 17.6 Å². The Hall–Kier alpha value is -2.75. The van der Waals surface area contributed by atoms with Crippen LogP contribution in [0.3, 0.4) is 0 Å². The summed E-state index contributed by atoms with van der Waals surface area (Å²) < 4.78 is 82.7. The molecule has 1 atom stereocenters. The molecular formula is C21H19F6NO3. The van der Waals surface area contributed by atoms with Gasteiger partial charge in [0.1, 0.15) is 23.2 Å². The predicted octanol–water partition coefficient (Wildman–Crippen LogP) is 4.45. The zero-order chi connectivity index (χ0) is 23.0. The molecule has 3 rings (SSSR count). The number of aliphatic hydroxyl groups is 1. The van der Waals surface area contributed by atoms with E-state index in [1.54, 1.807) is 0 Å². The van der Waals surface area contributed by atoms with Crippen molar-refractivity contribution in [3.63, 3.8) is 0 Å². The van der Waals surface area contributed by atoms with Crippen molar-refractivity contribution in [3.05, 3.63) is 65.0 Å². The second kappa shape index (κ2) is 8.07. The summed E-state index contributed by atoms with van der Waals surface area (Å²) in [5.41, 5.74) is -3.05. The number of hydrogen-bond donors (Lipinski definition) is 2. The van der Waals surface area contributed by atoms with Crippen molar-refractivity contribution in [1.29, 1.82) is 0 Å². The minimum Gasteiger partial charge on any atom is -0.484 e. The molecule has 0 saturated heterocycles. The van der Waals surface area contributed by atoms with Crippen LogP contribution in [-0.4, -0.2) is 23.8 Å². The molecule has 10 heteroatoms. The third-order valence-electron chi connectivity index (χ3n) is 4.97. The van der Waals surface area contributed by atoms with Crippen LogP contribution in [0.1, 0.15) is 37.3 Å². The number of carbonyl (C=O) groups is 1. The van der Waals surface area contributed by atoms with E-state index in [0.29, 0.717) is 18.9 Å². The lowest BCUT2D eigenvalue weighted by Gasteiger charge is -2.26. The van der Waals surface area contributed by atoms with Gasteiger partial charge in [-0.15, -0.1) is 0 Å². The van der Waals surface area contributed by atoms with Gasteiger partial charge in [0.25, 0.3) is 0 Å². The van der Waals surface area contributed by atoms with E-state index in [0.717, 1.165) is 24.3 Å². The summed E-state index contributed by atoms with van der Waals surface area (Å²) in [5.74, 6) is -3.74. The first-order chi connectivity index (χ1) is 14.3. The third-order valence-corrected chi connectivity index (χ3v) is 4.97. The minimum atomic E-state index is -4.60. The van der Waals surface area contributed by atoms with Crippen LogP contribution < -0.4 is 10.1 Å². The van der Waals surface area contributed by atoms with Crippen molar-refractivity contribution in [2.24, 2.45) is 0 Å². The van der Waals surface area contributed by atoms with Gasteiger partial charge < -0.3 is 15.2 Å². The van der Waals surface area contributed by atoms with Gasteiger partial charge in [-0.2, -0.15) is 13.2 Å². The van der Waals surface area contributed by atoms with Gasteiger partial charge in [-0.1, -0.05) is 6.07 Å². The van der Waals surface area contributed by atoms with Crippen LogP contribution in [0.25, 0.3) is 0 Å². The van der Waals surface area contributed by atoms with Crippen molar-refractivity contribution in [2.75, 3.05) is 6.61 Å². The second-order valence-electron chi connectivity index (χ2n) is 7.78. The van der Waals surface area contributed by atoms with Gasteiger partial charge >= 0.3 is 6.18 Å². The highest BCUT2D eigenvalue weighted by Gasteiger charge is 2.47. The molecule has 1 fully saturated rings. The van der Waals surface area contributed by atoms with E-state index in [1.807, 2.05) is 0 Å². The fourth-order valence-corrected chi connectivity index (χ4v) is 3.34. The number of benzene rings is 2. The summed E-state index contributed by atoms with van der Waals surface area (Å²) in [7, 11) is 0. The fourth-order valence-electron chi connectivity index (χ4n) is 3.34. The molecule has 2 aromatic carbocycles. The quantitative estimate of drug-likeness (QED) is 0.617. The molecule has 0 bridgehead atoms. The molecule has 0 aromatic heterocycles. The Morgan fingerprint density at radius 2 is 1.77 bits per heavy atom. The Morgan fingerprint density at radius 1 is 1.10 bits per heavy atom. The molecule has 31 heavy (non-hydrogen) atoms. The molecule has 2 N–H and O–H groups in total. The highest BCUT2D eigenvalue weighted by Crippen LogP contribution is 2.47. The molecule has 0 unspecified atom stereocenters. The highest BCUT2D eigenvalue weighted by atomic mass is 19.4. The first kappa shape index (κ1) is 22.9. The number of halogens is 6. The predicted molar refractivity (Wildman–Crippen MR) is 97.6 cm³/mol. The summed E-state index contributed by atoms with van der Waals surface area (Å²) in [6, 6.07) is 5.64. The summed E-state index contributed by atoms with van der Waals surface area (Å²) in [6.45, 7) is -0.408. The molecule has 1 amide bonds. The summed E-state index contributed by atoms with van der Waals surface area (Å²) in [6.07, 6.45) is -4.41. The zero-order valence-corrected chi connectivity index (χ0v) is 16.3.